The maximum atomic E-state index is 9.81. The Kier molecular flexibility index (Phi) is 4.79. The van der Waals surface area contributed by atoms with Crippen LogP contribution in [0.4, 0.5) is 0 Å². The summed E-state index contributed by atoms with van der Waals surface area (Å²) in [6.07, 6.45) is 1.00. The molecular formula is C14H18O5. The van der Waals surface area contributed by atoms with Gasteiger partial charge in [0.15, 0.2) is 0 Å². The van der Waals surface area contributed by atoms with Crippen LogP contribution in [0.1, 0.15) is 5.56 Å². The van der Waals surface area contributed by atoms with E-state index < -0.39 is 18.3 Å². The van der Waals surface area contributed by atoms with Crippen molar-refractivity contribution in [2.24, 2.45) is 0 Å². The Balaban J connectivity index is 1.94. The van der Waals surface area contributed by atoms with Gasteiger partial charge >= 0.3 is 0 Å². The average molecular weight is 266 g/mol. The number of rotatable bonds is 5. The molecule has 5 nitrogen and oxygen atoms in total. The summed E-state index contributed by atoms with van der Waals surface area (Å²) in [6.45, 7) is 0.133. The molecule has 0 aliphatic carbocycles. The van der Waals surface area contributed by atoms with Crippen molar-refractivity contribution < 1.29 is 24.4 Å². The van der Waals surface area contributed by atoms with E-state index in [1.807, 2.05) is 24.3 Å². The molecule has 3 atom stereocenters. The van der Waals surface area contributed by atoms with E-state index in [1.54, 1.807) is 7.11 Å². The van der Waals surface area contributed by atoms with Gasteiger partial charge in [-0.3, -0.25) is 0 Å². The highest BCUT2D eigenvalue weighted by Gasteiger charge is 2.31. The molecule has 0 fully saturated rings. The van der Waals surface area contributed by atoms with Gasteiger partial charge in [-0.05, 0) is 23.8 Å². The fraction of sp³-hybridized carbons (Fsp3) is 0.429. The largest absolute Gasteiger partial charge is 0.497 e. The normalized spacial score (nSPS) is 25.9. The van der Waals surface area contributed by atoms with Crippen molar-refractivity contribution in [1.82, 2.24) is 0 Å². The average Bonchev–Trinajstić information content (AvgIpc) is 2.46. The standard InChI is InChI=1S/C14H18O5/c1-17-11-4-2-10(3-5-11)9-19-14-12(16)6-7-18-13(14)8-15/h2-7,12-16H,8-9H2,1H3/t12-,13-,14+/m1/s1. The number of hydrogen-bond acceptors (Lipinski definition) is 5. The Hall–Kier alpha value is -1.56. The lowest BCUT2D eigenvalue weighted by atomic mass is 10.1. The van der Waals surface area contributed by atoms with E-state index in [4.69, 9.17) is 14.2 Å². The monoisotopic (exact) mass is 266 g/mol. The van der Waals surface area contributed by atoms with Crippen LogP contribution < -0.4 is 4.74 Å². The summed E-state index contributed by atoms with van der Waals surface area (Å²) >= 11 is 0. The van der Waals surface area contributed by atoms with E-state index in [0.717, 1.165) is 11.3 Å². The van der Waals surface area contributed by atoms with Crippen LogP contribution in [-0.4, -0.2) is 42.2 Å². The van der Waals surface area contributed by atoms with E-state index in [2.05, 4.69) is 0 Å². The van der Waals surface area contributed by atoms with Gasteiger partial charge in [-0.15, -0.1) is 0 Å². The molecule has 2 N–H and O–H groups in total. The minimum absolute atomic E-state index is 0.200. The highest BCUT2D eigenvalue weighted by Crippen LogP contribution is 2.18. The minimum atomic E-state index is -0.774. The Morgan fingerprint density at radius 2 is 2.00 bits per heavy atom. The van der Waals surface area contributed by atoms with Crippen LogP contribution in [0.5, 0.6) is 5.75 Å². The topological polar surface area (TPSA) is 68.2 Å². The summed E-state index contributed by atoms with van der Waals surface area (Å²) < 4.78 is 15.9. The summed E-state index contributed by atoms with van der Waals surface area (Å²) in [5.41, 5.74) is 0.958. The molecule has 19 heavy (non-hydrogen) atoms. The molecular weight excluding hydrogens is 248 g/mol. The summed E-state index contributed by atoms with van der Waals surface area (Å²) in [6, 6.07) is 7.46. The van der Waals surface area contributed by atoms with Crippen molar-refractivity contribution in [3.05, 3.63) is 42.2 Å². The number of aliphatic hydroxyl groups is 2. The molecule has 0 bridgehead atoms. The lowest BCUT2D eigenvalue weighted by molar-refractivity contribution is -0.120. The zero-order chi connectivity index (χ0) is 13.7. The molecule has 104 valence electrons. The van der Waals surface area contributed by atoms with Gasteiger partial charge in [0.05, 0.1) is 26.6 Å². The number of aliphatic hydroxyl groups excluding tert-OH is 2. The molecule has 1 aromatic rings. The van der Waals surface area contributed by atoms with Gasteiger partial charge < -0.3 is 24.4 Å². The maximum Gasteiger partial charge on any atom is 0.150 e. The van der Waals surface area contributed by atoms with Crippen molar-refractivity contribution in [2.75, 3.05) is 13.7 Å². The minimum Gasteiger partial charge on any atom is -0.497 e. The molecule has 0 spiro atoms. The first-order valence-electron chi connectivity index (χ1n) is 6.10. The van der Waals surface area contributed by atoms with Gasteiger partial charge in [0.1, 0.15) is 24.1 Å². The maximum absolute atomic E-state index is 9.81. The third-order valence-electron chi connectivity index (χ3n) is 3.01. The van der Waals surface area contributed by atoms with Gasteiger partial charge in [-0.2, -0.15) is 0 Å². The molecule has 0 saturated carbocycles. The van der Waals surface area contributed by atoms with Crippen LogP contribution in [0.25, 0.3) is 0 Å². The van der Waals surface area contributed by atoms with Crippen LogP contribution in [0.15, 0.2) is 36.6 Å². The van der Waals surface area contributed by atoms with Crippen LogP contribution in [0.2, 0.25) is 0 Å². The van der Waals surface area contributed by atoms with Crippen molar-refractivity contribution in [1.29, 1.82) is 0 Å². The molecule has 1 aliphatic heterocycles. The second kappa shape index (κ2) is 6.56. The number of ether oxygens (including phenoxy) is 3. The molecule has 0 unspecified atom stereocenters. The first kappa shape index (κ1) is 13.9. The quantitative estimate of drug-likeness (QED) is 0.827. The van der Waals surface area contributed by atoms with Gasteiger partial charge in [0, 0.05) is 0 Å². The van der Waals surface area contributed by atoms with Crippen LogP contribution in [0, 0.1) is 0 Å². The molecule has 0 aromatic heterocycles. The summed E-state index contributed by atoms with van der Waals surface area (Å²) in [4.78, 5) is 0. The van der Waals surface area contributed by atoms with Crippen LogP contribution in [-0.2, 0) is 16.1 Å². The second-order valence-corrected chi connectivity index (χ2v) is 4.30. The number of benzene rings is 1. The molecule has 1 aromatic carbocycles. The van der Waals surface area contributed by atoms with E-state index in [0.29, 0.717) is 6.61 Å². The second-order valence-electron chi connectivity index (χ2n) is 4.30. The van der Waals surface area contributed by atoms with E-state index >= 15 is 0 Å². The highest BCUT2D eigenvalue weighted by molar-refractivity contribution is 5.26. The van der Waals surface area contributed by atoms with Crippen molar-refractivity contribution in [2.45, 2.75) is 24.9 Å². The molecule has 0 amide bonds. The molecule has 2 rings (SSSR count). The predicted octanol–water partition coefficient (Wildman–Crippen LogP) is 0.846. The summed E-state index contributed by atoms with van der Waals surface area (Å²) in [5.74, 6) is 0.779. The lowest BCUT2D eigenvalue weighted by Crippen LogP contribution is -2.44. The van der Waals surface area contributed by atoms with Gasteiger partial charge in [0.25, 0.3) is 0 Å². The third-order valence-corrected chi connectivity index (χ3v) is 3.01. The zero-order valence-electron chi connectivity index (χ0n) is 10.7. The Morgan fingerprint density at radius 1 is 1.26 bits per heavy atom. The van der Waals surface area contributed by atoms with Gasteiger partial charge in [0.2, 0.25) is 0 Å². The fourth-order valence-electron chi connectivity index (χ4n) is 1.90. The highest BCUT2D eigenvalue weighted by atomic mass is 16.6. The van der Waals surface area contributed by atoms with Gasteiger partial charge in [-0.25, -0.2) is 0 Å². The molecule has 1 heterocycles. The van der Waals surface area contributed by atoms with Crippen molar-refractivity contribution in [3.63, 3.8) is 0 Å². The zero-order valence-corrected chi connectivity index (χ0v) is 10.7. The SMILES string of the molecule is COc1ccc(CO[C@H]2[C@H](O)C=CO[C@@H]2CO)cc1. The fourth-order valence-corrected chi connectivity index (χ4v) is 1.90. The Labute approximate surface area is 112 Å². The van der Waals surface area contributed by atoms with Gasteiger partial charge in [-0.1, -0.05) is 12.1 Å². The van der Waals surface area contributed by atoms with E-state index in [-0.39, 0.29) is 6.61 Å². The predicted molar refractivity (Wildman–Crippen MR) is 68.7 cm³/mol. The smallest absolute Gasteiger partial charge is 0.150 e. The van der Waals surface area contributed by atoms with Crippen molar-refractivity contribution in [3.8, 4) is 5.75 Å². The lowest BCUT2D eigenvalue weighted by Gasteiger charge is -2.31. The van der Waals surface area contributed by atoms with Crippen LogP contribution in [0.3, 0.4) is 0 Å². The molecule has 0 radical (unpaired) electrons. The number of hydrogen-bond donors (Lipinski definition) is 2. The van der Waals surface area contributed by atoms with Crippen molar-refractivity contribution >= 4 is 0 Å². The molecule has 1 aliphatic rings. The Morgan fingerprint density at radius 3 is 2.63 bits per heavy atom. The molecule has 5 heteroatoms. The molecule has 0 saturated heterocycles. The number of methoxy groups -OCH3 is 1. The van der Waals surface area contributed by atoms with E-state index in [9.17, 15) is 10.2 Å². The first-order chi connectivity index (χ1) is 9.24. The third kappa shape index (κ3) is 3.47. The summed E-state index contributed by atoms with van der Waals surface area (Å²) in [7, 11) is 1.61. The Bertz CT molecular complexity index is 414. The van der Waals surface area contributed by atoms with Crippen LogP contribution >= 0.6 is 0 Å². The first-order valence-corrected chi connectivity index (χ1v) is 6.10. The van der Waals surface area contributed by atoms with E-state index in [1.165, 1.54) is 12.3 Å². The summed E-state index contributed by atoms with van der Waals surface area (Å²) in [5, 5.41) is 19.0.